The maximum absolute atomic E-state index is 4.56. The van der Waals surface area contributed by atoms with Crippen LogP contribution in [0.5, 0.6) is 0 Å². The zero-order valence-electron chi connectivity index (χ0n) is 16.1. The molecule has 5 nitrogen and oxygen atoms in total. The lowest BCUT2D eigenvalue weighted by molar-refractivity contribution is 0.776. The van der Waals surface area contributed by atoms with Gasteiger partial charge in [-0.1, -0.05) is 47.7 Å². The highest BCUT2D eigenvalue weighted by Gasteiger charge is 2.25. The van der Waals surface area contributed by atoms with Crippen molar-refractivity contribution in [2.24, 2.45) is 0 Å². The van der Waals surface area contributed by atoms with Gasteiger partial charge in [-0.05, 0) is 43.2 Å². The van der Waals surface area contributed by atoms with Gasteiger partial charge in [0.25, 0.3) is 0 Å². The fourth-order valence-electron chi connectivity index (χ4n) is 3.85. The van der Waals surface area contributed by atoms with Gasteiger partial charge in [-0.2, -0.15) is 0 Å². The minimum Gasteiger partial charge on any atom is -0.300 e. The van der Waals surface area contributed by atoms with E-state index in [-0.39, 0.29) is 0 Å². The Balaban J connectivity index is 1.70. The van der Waals surface area contributed by atoms with Gasteiger partial charge in [-0.15, -0.1) is 5.10 Å². The molecule has 0 N–H and O–H groups in total. The summed E-state index contributed by atoms with van der Waals surface area (Å²) in [5, 5.41) is 9.09. The topological polar surface area (TPSA) is 48.5 Å². The standard InChI is InChI=1S/C23H21N5/c1-4-18-21-13-22-19(12-17-8-5-15(2)6-9-17)25-26-28(22)23-11-16(3)7-10-20(23)27(21)14-24-18/h4-11,14H,1,12-13H2,2-3H3. The molecule has 5 rings (SSSR count). The molecule has 2 aromatic heterocycles. The van der Waals surface area contributed by atoms with Gasteiger partial charge in [0.2, 0.25) is 0 Å². The zero-order valence-corrected chi connectivity index (χ0v) is 16.1. The van der Waals surface area contributed by atoms with Gasteiger partial charge >= 0.3 is 0 Å². The van der Waals surface area contributed by atoms with E-state index in [4.69, 9.17) is 0 Å². The quantitative estimate of drug-likeness (QED) is 0.480. The predicted octanol–water partition coefficient (Wildman–Crippen LogP) is 4.21. The molecular formula is C23H21N5. The van der Waals surface area contributed by atoms with E-state index in [1.807, 2.05) is 17.1 Å². The van der Waals surface area contributed by atoms with E-state index in [1.54, 1.807) is 0 Å². The van der Waals surface area contributed by atoms with Crippen LogP contribution in [-0.2, 0) is 12.8 Å². The Kier molecular flexibility index (Phi) is 3.76. The summed E-state index contributed by atoms with van der Waals surface area (Å²) in [5.74, 6) is 0. The molecule has 2 aromatic carbocycles. The van der Waals surface area contributed by atoms with Crippen LogP contribution in [-0.4, -0.2) is 24.5 Å². The van der Waals surface area contributed by atoms with Crippen molar-refractivity contribution in [2.75, 3.05) is 0 Å². The van der Waals surface area contributed by atoms with Crippen LogP contribution >= 0.6 is 0 Å². The summed E-state index contributed by atoms with van der Waals surface area (Å²) in [5.41, 5.74) is 9.91. The average Bonchev–Trinajstić information content (AvgIpc) is 3.25. The van der Waals surface area contributed by atoms with Crippen LogP contribution in [0.15, 0.2) is 55.4 Å². The summed E-state index contributed by atoms with van der Waals surface area (Å²) in [6.45, 7) is 8.14. The van der Waals surface area contributed by atoms with Crippen molar-refractivity contribution in [3.63, 3.8) is 0 Å². The predicted molar refractivity (Wildman–Crippen MR) is 110 cm³/mol. The molecule has 0 saturated heterocycles. The molecule has 0 bridgehead atoms. The summed E-state index contributed by atoms with van der Waals surface area (Å²) in [7, 11) is 0. The summed E-state index contributed by atoms with van der Waals surface area (Å²) in [6.07, 6.45) is 5.16. The van der Waals surface area contributed by atoms with Crippen LogP contribution in [0, 0.1) is 13.8 Å². The van der Waals surface area contributed by atoms with E-state index in [1.165, 1.54) is 16.7 Å². The lowest BCUT2D eigenvalue weighted by Crippen LogP contribution is -2.04. The zero-order chi connectivity index (χ0) is 19.3. The minimum absolute atomic E-state index is 0.712. The van der Waals surface area contributed by atoms with Crippen molar-refractivity contribution in [3.8, 4) is 11.4 Å². The van der Waals surface area contributed by atoms with Crippen LogP contribution in [0.25, 0.3) is 17.5 Å². The molecule has 3 heterocycles. The first-order chi connectivity index (χ1) is 13.6. The summed E-state index contributed by atoms with van der Waals surface area (Å²) < 4.78 is 4.14. The molecular weight excluding hydrogens is 346 g/mol. The Labute approximate surface area is 164 Å². The molecule has 0 spiro atoms. The third kappa shape index (κ3) is 2.59. The van der Waals surface area contributed by atoms with Gasteiger partial charge in [-0.3, -0.25) is 0 Å². The van der Waals surface area contributed by atoms with Crippen molar-refractivity contribution in [2.45, 2.75) is 26.7 Å². The highest BCUT2D eigenvalue weighted by molar-refractivity contribution is 5.60. The first-order valence-electron chi connectivity index (χ1n) is 9.43. The maximum atomic E-state index is 4.56. The Hall–Kier alpha value is -3.47. The largest absolute Gasteiger partial charge is 0.300 e. The number of hydrogen-bond donors (Lipinski definition) is 0. The van der Waals surface area contributed by atoms with Gasteiger partial charge in [0.1, 0.15) is 6.33 Å². The summed E-state index contributed by atoms with van der Waals surface area (Å²) in [4.78, 5) is 4.55. The second-order valence-electron chi connectivity index (χ2n) is 7.38. The molecule has 0 saturated carbocycles. The Morgan fingerprint density at radius 1 is 1.00 bits per heavy atom. The number of benzene rings is 2. The fraction of sp³-hybridized carbons (Fsp3) is 0.174. The molecule has 1 aliphatic rings. The molecule has 0 amide bonds. The number of nitrogens with zero attached hydrogens (tertiary/aromatic N) is 5. The first-order valence-corrected chi connectivity index (χ1v) is 9.43. The maximum Gasteiger partial charge on any atom is 0.100 e. The van der Waals surface area contributed by atoms with Crippen molar-refractivity contribution < 1.29 is 0 Å². The lowest BCUT2D eigenvalue weighted by Gasteiger charge is -2.10. The Morgan fingerprint density at radius 3 is 2.57 bits per heavy atom. The molecule has 0 unspecified atom stereocenters. The van der Waals surface area contributed by atoms with Gasteiger partial charge in [0.15, 0.2) is 0 Å². The Bertz CT molecular complexity index is 1190. The number of aryl methyl sites for hydroxylation is 2. The van der Waals surface area contributed by atoms with Gasteiger partial charge in [-0.25, -0.2) is 9.67 Å². The van der Waals surface area contributed by atoms with Crippen LogP contribution in [0.2, 0.25) is 0 Å². The highest BCUT2D eigenvalue weighted by Crippen LogP contribution is 2.31. The van der Waals surface area contributed by atoms with Gasteiger partial charge < -0.3 is 4.57 Å². The number of rotatable bonds is 3. The monoisotopic (exact) mass is 367 g/mol. The minimum atomic E-state index is 0.712. The van der Waals surface area contributed by atoms with Crippen LogP contribution < -0.4 is 0 Å². The number of hydrogen-bond acceptors (Lipinski definition) is 3. The van der Waals surface area contributed by atoms with Crippen LogP contribution in [0.4, 0.5) is 0 Å². The number of imidazole rings is 1. The van der Waals surface area contributed by atoms with Crippen molar-refractivity contribution in [1.29, 1.82) is 0 Å². The third-order valence-corrected chi connectivity index (χ3v) is 5.38. The van der Waals surface area contributed by atoms with E-state index in [2.05, 4.69) is 82.8 Å². The van der Waals surface area contributed by atoms with Gasteiger partial charge in [0.05, 0.1) is 34.2 Å². The van der Waals surface area contributed by atoms with E-state index < -0.39 is 0 Å². The molecule has 5 heteroatoms. The van der Waals surface area contributed by atoms with Gasteiger partial charge in [0, 0.05) is 12.8 Å². The second kappa shape index (κ2) is 6.30. The Morgan fingerprint density at radius 2 is 1.79 bits per heavy atom. The van der Waals surface area contributed by atoms with Crippen molar-refractivity contribution in [3.05, 3.63) is 94.8 Å². The molecule has 0 fully saturated rings. The lowest BCUT2D eigenvalue weighted by atomic mass is 10.0. The molecule has 0 radical (unpaired) electrons. The van der Waals surface area contributed by atoms with E-state index in [9.17, 15) is 0 Å². The second-order valence-corrected chi connectivity index (χ2v) is 7.38. The SMILES string of the molecule is C=Cc1ncn2c1Cc1c(Cc3ccc(C)cc3)nnn1-c1cc(C)ccc1-2. The van der Waals surface area contributed by atoms with Crippen LogP contribution in [0.3, 0.4) is 0 Å². The van der Waals surface area contributed by atoms with E-state index >= 15 is 0 Å². The molecule has 138 valence electrons. The number of aromatic nitrogens is 5. The average molecular weight is 367 g/mol. The molecule has 4 aromatic rings. The highest BCUT2D eigenvalue weighted by atomic mass is 15.4. The molecule has 0 aliphatic carbocycles. The van der Waals surface area contributed by atoms with Crippen molar-refractivity contribution in [1.82, 2.24) is 24.5 Å². The molecule has 0 atom stereocenters. The number of fused-ring (bicyclic) bond motifs is 5. The summed E-state index contributed by atoms with van der Waals surface area (Å²) >= 11 is 0. The van der Waals surface area contributed by atoms with E-state index in [0.29, 0.717) is 6.42 Å². The normalized spacial score (nSPS) is 12.1. The smallest absolute Gasteiger partial charge is 0.100 e. The molecule has 1 aliphatic heterocycles. The van der Waals surface area contributed by atoms with Crippen LogP contribution in [0.1, 0.15) is 39.5 Å². The van der Waals surface area contributed by atoms with E-state index in [0.717, 1.165) is 40.6 Å². The molecule has 28 heavy (non-hydrogen) atoms. The summed E-state index contributed by atoms with van der Waals surface area (Å²) in [6, 6.07) is 15.0. The first kappa shape index (κ1) is 16.7. The fourth-order valence-corrected chi connectivity index (χ4v) is 3.85. The third-order valence-electron chi connectivity index (χ3n) is 5.38. The van der Waals surface area contributed by atoms with Crippen molar-refractivity contribution >= 4 is 6.08 Å².